The molecule has 0 radical (unpaired) electrons. The first-order valence-corrected chi connectivity index (χ1v) is 15.2. The zero-order valence-electron chi connectivity index (χ0n) is 24.8. The molecule has 4 aromatic rings. The highest BCUT2D eigenvalue weighted by molar-refractivity contribution is 5.84. The third kappa shape index (κ3) is 8.23. The fourth-order valence-corrected chi connectivity index (χ4v) is 5.65. The molecule has 0 fully saturated rings. The van der Waals surface area contributed by atoms with Gasteiger partial charge >= 0.3 is 5.97 Å². The van der Waals surface area contributed by atoms with Crippen LogP contribution in [0.4, 0.5) is 0 Å². The van der Waals surface area contributed by atoms with Crippen LogP contribution in [0.5, 0.6) is 5.75 Å². The molecule has 44 heavy (non-hydrogen) atoms. The molecule has 3 atom stereocenters. The van der Waals surface area contributed by atoms with Crippen LogP contribution in [0, 0.1) is 0 Å². The summed E-state index contributed by atoms with van der Waals surface area (Å²) >= 11 is 0. The van der Waals surface area contributed by atoms with Crippen LogP contribution in [0.3, 0.4) is 0 Å². The summed E-state index contributed by atoms with van der Waals surface area (Å²) in [6, 6.07) is 36.8. The molecule has 0 spiro atoms. The van der Waals surface area contributed by atoms with E-state index in [0.29, 0.717) is 31.6 Å². The van der Waals surface area contributed by atoms with Gasteiger partial charge in [-0.1, -0.05) is 115 Å². The van der Waals surface area contributed by atoms with Crippen molar-refractivity contribution in [2.45, 2.75) is 43.7 Å². The van der Waals surface area contributed by atoms with Crippen LogP contribution in [-0.2, 0) is 27.3 Å². The SMILES string of the molecule is O=C1OCC(Cc2ccccc2)N(Cc2ccc(OCCO)cc2)C(=O)C(c2ccccc2)CC=CCC1c1ccccc1. The number of benzene rings is 4. The maximum Gasteiger partial charge on any atom is 0.313 e. The van der Waals surface area contributed by atoms with Crippen molar-refractivity contribution in [3.8, 4) is 5.75 Å². The van der Waals surface area contributed by atoms with Crippen LogP contribution in [0.25, 0.3) is 0 Å². The van der Waals surface area contributed by atoms with Crippen LogP contribution in [0.15, 0.2) is 127 Å². The highest BCUT2D eigenvalue weighted by atomic mass is 16.5. The Bertz CT molecular complexity index is 1490. The first-order chi connectivity index (χ1) is 21.6. The quantitative estimate of drug-likeness (QED) is 0.179. The Kier molecular flexibility index (Phi) is 11.0. The highest BCUT2D eigenvalue weighted by Gasteiger charge is 2.33. The molecule has 1 aliphatic rings. The summed E-state index contributed by atoms with van der Waals surface area (Å²) in [6.07, 6.45) is 5.57. The van der Waals surface area contributed by atoms with Gasteiger partial charge < -0.3 is 19.5 Å². The molecular formula is C38H39NO5. The van der Waals surface area contributed by atoms with Gasteiger partial charge in [0, 0.05) is 6.54 Å². The van der Waals surface area contributed by atoms with E-state index in [1.807, 2.05) is 132 Å². The molecule has 5 rings (SSSR count). The second-order valence-electron chi connectivity index (χ2n) is 11.0. The fraction of sp³-hybridized carbons (Fsp3) is 0.263. The molecule has 0 aromatic heterocycles. The van der Waals surface area contributed by atoms with Crippen molar-refractivity contribution < 1.29 is 24.2 Å². The number of hydrogen-bond donors (Lipinski definition) is 1. The van der Waals surface area contributed by atoms with E-state index in [2.05, 4.69) is 0 Å². The Morgan fingerprint density at radius 2 is 1.27 bits per heavy atom. The number of cyclic esters (lactones) is 1. The monoisotopic (exact) mass is 589 g/mol. The topological polar surface area (TPSA) is 76.1 Å². The Hall–Kier alpha value is -4.68. The Balaban J connectivity index is 1.53. The van der Waals surface area contributed by atoms with Gasteiger partial charge in [-0.25, -0.2) is 0 Å². The lowest BCUT2D eigenvalue weighted by Crippen LogP contribution is -2.46. The van der Waals surface area contributed by atoms with Crippen molar-refractivity contribution in [1.29, 1.82) is 0 Å². The van der Waals surface area contributed by atoms with Gasteiger partial charge in [-0.05, 0) is 53.6 Å². The fourth-order valence-electron chi connectivity index (χ4n) is 5.65. The number of rotatable bonds is 9. The Labute approximate surface area is 259 Å². The molecule has 0 aliphatic carbocycles. The molecule has 0 bridgehead atoms. The molecule has 4 aromatic carbocycles. The minimum Gasteiger partial charge on any atom is -0.491 e. The van der Waals surface area contributed by atoms with Crippen molar-refractivity contribution in [2.24, 2.45) is 0 Å². The largest absolute Gasteiger partial charge is 0.491 e. The smallest absolute Gasteiger partial charge is 0.313 e. The van der Waals surface area contributed by atoms with E-state index in [1.165, 1.54) is 0 Å². The molecule has 6 nitrogen and oxygen atoms in total. The average Bonchev–Trinajstić information content (AvgIpc) is 3.07. The molecule has 1 N–H and O–H groups in total. The summed E-state index contributed by atoms with van der Waals surface area (Å²) in [5.74, 6) is -0.495. The number of nitrogens with zero attached hydrogens (tertiary/aromatic N) is 1. The Morgan fingerprint density at radius 1 is 0.705 bits per heavy atom. The summed E-state index contributed by atoms with van der Waals surface area (Å²) in [4.78, 5) is 30.1. The van der Waals surface area contributed by atoms with Crippen LogP contribution in [0.1, 0.15) is 46.9 Å². The van der Waals surface area contributed by atoms with Crippen molar-refractivity contribution in [3.05, 3.63) is 150 Å². The van der Waals surface area contributed by atoms with Crippen LogP contribution >= 0.6 is 0 Å². The minimum atomic E-state index is -0.435. The van der Waals surface area contributed by atoms with E-state index in [0.717, 1.165) is 22.3 Å². The van der Waals surface area contributed by atoms with E-state index >= 15 is 0 Å². The molecule has 3 unspecified atom stereocenters. The van der Waals surface area contributed by atoms with Crippen molar-refractivity contribution in [1.82, 2.24) is 4.90 Å². The number of carbonyl (C=O) groups excluding carboxylic acids is 2. The van der Waals surface area contributed by atoms with Crippen molar-refractivity contribution in [2.75, 3.05) is 19.8 Å². The maximum absolute atomic E-state index is 14.6. The number of ether oxygens (including phenoxy) is 2. The summed E-state index contributed by atoms with van der Waals surface area (Å²) < 4.78 is 11.6. The molecular weight excluding hydrogens is 550 g/mol. The molecule has 6 heteroatoms. The van der Waals surface area contributed by atoms with E-state index in [9.17, 15) is 9.59 Å². The number of aliphatic hydroxyl groups excluding tert-OH is 1. The van der Waals surface area contributed by atoms with E-state index in [4.69, 9.17) is 14.6 Å². The summed E-state index contributed by atoms with van der Waals surface area (Å²) in [5.41, 5.74) is 3.85. The second kappa shape index (κ2) is 15.7. The number of hydrogen-bond acceptors (Lipinski definition) is 5. The average molecular weight is 590 g/mol. The number of aliphatic hydroxyl groups is 1. The minimum absolute atomic E-state index is 0.0152. The number of carbonyl (C=O) groups is 2. The maximum atomic E-state index is 14.6. The van der Waals surface area contributed by atoms with Gasteiger partial charge in [-0.3, -0.25) is 9.59 Å². The third-order valence-electron chi connectivity index (χ3n) is 7.99. The standard InChI is InChI=1S/C38H39NO5/c40-24-25-43-34-22-20-30(21-23-34)27-39-33(26-29-12-4-1-5-13-29)28-44-38(42)36(32-16-8-3-9-17-32)19-11-10-18-35(37(39)41)31-14-6-2-7-15-31/h1-17,20-23,33,35-36,40H,18-19,24-28H2. The zero-order valence-corrected chi connectivity index (χ0v) is 24.8. The van der Waals surface area contributed by atoms with Gasteiger partial charge in [0.25, 0.3) is 0 Å². The summed E-state index contributed by atoms with van der Waals surface area (Å²) in [5, 5.41) is 9.12. The van der Waals surface area contributed by atoms with Gasteiger partial charge in [0.1, 0.15) is 19.0 Å². The third-order valence-corrected chi connectivity index (χ3v) is 7.99. The zero-order chi connectivity index (χ0) is 30.6. The van der Waals surface area contributed by atoms with Gasteiger partial charge in [0.15, 0.2) is 0 Å². The normalized spacial score (nSPS) is 19.5. The second-order valence-corrected chi connectivity index (χ2v) is 11.0. The predicted molar refractivity (Wildman–Crippen MR) is 171 cm³/mol. The van der Waals surface area contributed by atoms with Gasteiger partial charge in [0.05, 0.1) is 24.5 Å². The van der Waals surface area contributed by atoms with E-state index in [-0.39, 0.29) is 31.7 Å². The molecule has 1 heterocycles. The lowest BCUT2D eigenvalue weighted by atomic mass is 9.91. The van der Waals surface area contributed by atoms with Crippen molar-refractivity contribution >= 4 is 11.9 Å². The number of amides is 1. The van der Waals surface area contributed by atoms with E-state index in [1.54, 1.807) is 0 Å². The summed E-state index contributed by atoms with van der Waals surface area (Å²) in [6.45, 7) is 0.560. The number of allylic oxidation sites excluding steroid dienone is 2. The first-order valence-electron chi connectivity index (χ1n) is 15.2. The van der Waals surface area contributed by atoms with Crippen LogP contribution in [0.2, 0.25) is 0 Å². The van der Waals surface area contributed by atoms with Crippen LogP contribution in [-0.4, -0.2) is 47.7 Å². The van der Waals surface area contributed by atoms with Gasteiger partial charge in [0.2, 0.25) is 5.91 Å². The molecule has 1 aliphatic heterocycles. The molecule has 226 valence electrons. The molecule has 0 saturated carbocycles. The number of esters is 1. The van der Waals surface area contributed by atoms with Crippen LogP contribution < -0.4 is 4.74 Å². The van der Waals surface area contributed by atoms with E-state index < -0.39 is 17.9 Å². The first kappa shape index (κ1) is 30.8. The molecule has 0 saturated heterocycles. The van der Waals surface area contributed by atoms with Crippen molar-refractivity contribution in [3.63, 3.8) is 0 Å². The molecule has 1 amide bonds. The van der Waals surface area contributed by atoms with Gasteiger partial charge in [-0.15, -0.1) is 0 Å². The highest BCUT2D eigenvalue weighted by Crippen LogP contribution is 2.29. The Morgan fingerprint density at radius 3 is 1.89 bits per heavy atom. The van der Waals surface area contributed by atoms with Gasteiger partial charge in [-0.2, -0.15) is 0 Å². The predicted octanol–water partition coefficient (Wildman–Crippen LogP) is 6.46. The lowest BCUT2D eigenvalue weighted by molar-refractivity contribution is -0.150. The lowest BCUT2D eigenvalue weighted by Gasteiger charge is -2.35. The summed E-state index contributed by atoms with van der Waals surface area (Å²) in [7, 11) is 0.